The zero-order valence-electron chi connectivity index (χ0n) is 10.0. The molecule has 0 amide bonds. The van der Waals surface area contributed by atoms with E-state index in [9.17, 15) is 4.79 Å². The second-order valence-corrected chi connectivity index (χ2v) is 4.48. The first-order valence-electron chi connectivity index (χ1n) is 5.66. The number of benzene rings is 2. The molecule has 0 bridgehead atoms. The molecule has 0 spiro atoms. The van der Waals surface area contributed by atoms with Crippen LogP contribution in [0.25, 0.3) is 0 Å². The molecule has 0 saturated carbocycles. The lowest BCUT2D eigenvalue weighted by atomic mass is 10.1. The van der Waals surface area contributed by atoms with Gasteiger partial charge in [0.05, 0.1) is 0 Å². The molecular formula is C15H13ClO2. The Morgan fingerprint density at radius 1 is 1.11 bits per heavy atom. The fraction of sp³-hybridized carbons (Fsp3) is 0.133. The van der Waals surface area contributed by atoms with Crippen molar-refractivity contribution in [3.63, 3.8) is 0 Å². The minimum absolute atomic E-state index is 0.113. The van der Waals surface area contributed by atoms with Crippen LogP contribution in [0.5, 0.6) is 11.5 Å². The molecule has 2 nitrogen and oxygen atoms in total. The molecule has 0 fully saturated rings. The number of rotatable bonds is 4. The normalized spacial score (nSPS) is 10.1. The predicted octanol–water partition coefficient (Wildman–Crippen LogP) is 4.26. The molecule has 2 aromatic carbocycles. The van der Waals surface area contributed by atoms with Gasteiger partial charge in [-0.2, -0.15) is 0 Å². The largest absolute Gasteiger partial charge is 0.457 e. The van der Waals surface area contributed by atoms with Gasteiger partial charge in [0.2, 0.25) is 0 Å². The van der Waals surface area contributed by atoms with Crippen molar-refractivity contribution in [2.45, 2.75) is 13.3 Å². The van der Waals surface area contributed by atoms with Gasteiger partial charge in [0.1, 0.15) is 17.3 Å². The van der Waals surface area contributed by atoms with E-state index in [1.165, 1.54) is 0 Å². The summed E-state index contributed by atoms with van der Waals surface area (Å²) >= 11 is 5.81. The van der Waals surface area contributed by atoms with Gasteiger partial charge in [0, 0.05) is 17.0 Å². The average molecular weight is 261 g/mol. The van der Waals surface area contributed by atoms with Gasteiger partial charge in [-0.1, -0.05) is 29.8 Å². The number of halogens is 1. The lowest BCUT2D eigenvalue weighted by molar-refractivity contribution is -0.116. The Bertz CT molecular complexity index is 547. The Morgan fingerprint density at radius 2 is 1.78 bits per heavy atom. The molecule has 0 unspecified atom stereocenters. The lowest BCUT2D eigenvalue weighted by Crippen LogP contribution is -1.98. The van der Waals surface area contributed by atoms with Crippen molar-refractivity contribution >= 4 is 17.4 Å². The van der Waals surface area contributed by atoms with Crippen molar-refractivity contribution in [2.75, 3.05) is 0 Å². The van der Waals surface area contributed by atoms with Crippen molar-refractivity contribution in [3.8, 4) is 11.5 Å². The first kappa shape index (κ1) is 12.7. The third-order valence-electron chi connectivity index (χ3n) is 2.45. The number of carbonyl (C=O) groups excluding carboxylic acids is 1. The topological polar surface area (TPSA) is 26.3 Å². The van der Waals surface area contributed by atoms with Gasteiger partial charge in [0.15, 0.2) is 0 Å². The first-order valence-corrected chi connectivity index (χ1v) is 6.04. The first-order chi connectivity index (χ1) is 8.65. The van der Waals surface area contributed by atoms with Crippen molar-refractivity contribution in [1.29, 1.82) is 0 Å². The third kappa shape index (κ3) is 3.34. The van der Waals surface area contributed by atoms with E-state index in [0.29, 0.717) is 22.9 Å². The highest BCUT2D eigenvalue weighted by Crippen LogP contribution is 2.26. The van der Waals surface area contributed by atoms with Crippen LogP contribution in [0.1, 0.15) is 12.5 Å². The third-order valence-corrected chi connectivity index (χ3v) is 2.71. The van der Waals surface area contributed by atoms with Crippen LogP contribution >= 0.6 is 11.6 Å². The highest BCUT2D eigenvalue weighted by molar-refractivity contribution is 6.30. The van der Waals surface area contributed by atoms with Gasteiger partial charge in [-0.3, -0.25) is 4.79 Å². The summed E-state index contributed by atoms with van der Waals surface area (Å²) in [5.74, 6) is 1.52. The molecule has 2 aromatic rings. The van der Waals surface area contributed by atoms with Crippen LogP contribution in [0.3, 0.4) is 0 Å². The molecule has 0 aliphatic carbocycles. The van der Waals surface area contributed by atoms with Crippen LogP contribution < -0.4 is 4.74 Å². The molecule has 0 heterocycles. The summed E-state index contributed by atoms with van der Waals surface area (Å²) in [6, 6.07) is 14.7. The van der Waals surface area contributed by atoms with Gasteiger partial charge in [-0.15, -0.1) is 0 Å². The monoisotopic (exact) mass is 260 g/mol. The molecule has 2 rings (SSSR count). The zero-order valence-corrected chi connectivity index (χ0v) is 10.8. The van der Waals surface area contributed by atoms with E-state index in [4.69, 9.17) is 16.3 Å². The van der Waals surface area contributed by atoms with Crippen molar-refractivity contribution in [3.05, 3.63) is 59.1 Å². The Morgan fingerprint density at radius 3 is 2.44 bits per heavy atom. The molecule has 0 aromatic heterocycles. The van der Waals surface area contributed by atoms with Crippen LogP contribution in [0.15, 0.2) is 48.5 Å². The summed E-state index contributed by atoms with van der Waals surface area (Å²) in [6.45, 7) is 1.57. The second kappa shape index (κ2) is 5.69. The van der Waals surface area contributed by atoms with Gasteiger partial charge in [-0.25, -0.2) is 0 Å². The molecule has 0 saturated heterocycles. The molecule has 0 N–H and O–H groups in total. The van der Waals surface area contributed by atoms with Crippen LogP contribution in [0, 0.1) is 0 Å². The summed E-state index contributed by atoms with van der Waals surface area (Å²) in [7, 11) is 0. The number of carbonyl (C=O) groups is 1. The van der Waals surface area contributed by atoms with Gasteiger partial charge >= 0.3 is 0 Å². The Kier molecular flexibility index (Phi) is 4.00. The fourth-order valence-corrected chi connectivity index (χ4v) is 1.77. The molecule has 0 aliphatic rings. The molecule has 0 atom stereocenters. The van der Waals surface area contributed by atoms with Gasteiger partial charge in [0.25, 0.3) is 0 Å². The summed E-state index contributed by atoms with van der Waals surface area (Å²) < 4.78 is 5.75. The van der Waals surface area contributed by atoms with E-state index in [-0.39, 0.29) is 5.78 Å². The van der Waals surface area contributed by atoms with Gasteiger partial charge < -0.3 is 4.74 Å². The number of hydrogen-bond donors (Lipinski definition) is 0. The van der Waals surface area contributed by atoms with E-state index in [1.807, 2.05) is 24.3 Å². The fourth-order valence-electron chi connectivity index (χ4n) is 1.65. The predicted molar refractivity (Wildman–Crippen MR) is 72.4 cm³/mol. The molecule has 18 heavy (non-hydrogen) atoms. The van der Waals surface area contributed by atoms with Gasteiger partial charge in [-0.05, 0) is 37.3 Å². The summed E-state index contributed by atoms with van der Waals surface area (Å²) in [5, 5.41) is 0.666. The SMILES string of the molecule is CC(=O)Cc1ccccc1Oc1ccc(Cl)cc1. The minimum Gasteiger partial charge on any atom is -0.457 e. The highest BCUT2D eigenvalue weighted by Gasteiger charge is 2.06. The maximum atomic E-state index is 11.2. The van der Waals surface area contributed by atoms with E-state index < -0.39 is 0 Å². The smallest absolute Gasteiger partial charge is 0.134 e. The Labute approximate surface area is 111 Å². The molecule has 3 heteroatoms. The number of ether oxygens (including phenoxy) is 1. The summed E-state index contributed by atoms with van der Waals surface area (Å²) in [4.78, 5) is 11.2. The average Bonchev–Trinajstić information content (AvgIpc) is 2.34. The zero-order chi connectivity index (χ0) is 13.0. The second-order valence-electron chi connectivity index (χ2n) is 4.04. The molecule has 0 aliphatic heterocycles. The lowest BCUT2D eigenvalue weighted by Gasteiger charge is -2.10. The molecule has 0 radical (unpaired) electrons. The number of para-hydroxylation sites is 1. The van der Waals surface area contributed by atoms with Crippen molar-refractivity contribution in [2.24, 2.45) is 0 Å². The van der Waals surface area contributed by atoms with E-state index in [1.54, 1.807) is 31.2 Å². The van der Waals surface area contributed by atoms with Crippen LogP contribution in [-0.2, 0) is 11.2 Å². The van der Waals surface area contributed by atoms with E-state index in [2.05, 4.69) is 0 Å². The number of Topliss-reactive ketones (excluding diaryl/α,β-unsaturated/α-hetero) is 1. The summed E-state index contributed by atoms with van der Waals surface area (Å²) in [6.07, 6.45) is 0.379. The van der Waals surface area contributed by atoms with E-state index >= 15 is 0 Å². The van der Waals surface area contributed by atoms with Crippen LogP contribution in [0.4, 0.5) is 0 Å². The van der Waals surface area contributed by atoms with Crippen LogP contribution in [0.2, 0.25) is 5.02 Å². The Balaban J connectivity index is 2.23. The maximum absolute atomic E-state index is 11.2. The molecular weight excluding hydrogens is 248 g/mol. The highest BCUT2D eigenvalue weighted by atomic mass is 35.5. The number of ketones is 1. The standard InChI is InChI=1S/C15H13ClO2/c1-11(17)10-12-4-2-3-5-15(12)18-14-8-6-13(16)7-9-14/h2-9H,10H2,1H3. The maximum Gasteiger partial charge on any atom is 0.134 e. The quantitative estimate of drug-likeness (QED) is 0.821. The Hall–Kier alpha value is -1.80. The minimum atomic E-state index is 0.113. The van der Waals surface area contributed by atoms with E-state index in [0.717, 1.165) is 5.56 Å². The van der Waals surface area contributed by atoms with Crippen molar-refractivity contribution in [1.82, 2.24) is 0 Å². The summed E-state index contributed by atoms with van der Waals surface area (Å²) in [5.41, 5.74) is 0.889. The van der Waals surface area contributed by atoms with Crippen LogP contribution in [-0.4, -0.2) is 5.78 Å². The number of hydrogen-bond acceptors (Lipinski definition) is 2. The van der Waals surface area contributed by atoms with Crippen molar-refractivity contribution < 1.29 is 9.53 Å². The molecule has 92 valence electrons.